The van der Waals surface area contributed by atoms with Crippen LogP contribution in [0.4, 0.5) is 5.69 Å². The molecule has 1 aromatic carbocycles. The molecule has 0 radical (unpaired) electrons. The summed E-state index contributed by atoms with van der Waals surface area (Å²) in [5.41, 5.74) is 8.08. The van der Waals surface area contributed by atoms with Gasteiger partial charge in [0.05, 0.1) is 14.2 Å². The SMILES string of the molecule is COC(=O)c1cc(C2CC2)c(N)cc1OC. The van der Waals surface area contributed by atoms with Crippen molar-refractivity contribution in [2.24, 2.45) is 0 Å². The molecule has 4 heteroatoms. The van der Waals surface area contributed by atoms with Gasteiger partial charge in [-0.1, -0.05) is 0 Å². The maximum absolute atomic E-state index is 11.6. The van der Waals surface area contributed by atoms with Crippen molar-refractivity contribution in [3.8, 4) is 5.75 Å². The quantitative estimate of drug-likeness (QED) is 0.626. The number of ether oxygens (including phenoxy) is 2. The highest BCUT2D eigenvalue weighted by molar-refractivity contribution is 5.93. The van der Waals surface area contributed by atoms with Crippen molar-refractivity contribution < 1.29 is 14.3 Å². The summed E-state index contributed by atoms with van der Waals surface area (Å²) in [5, 5.41) is 0. The summed E-state index contributed by atoms with van der Waals surface area (Å²) in [5.74, 6) is 0.571. The van der Waals surface area contributed by atoms with Gasteiger partial charge in [-0.2, -0.15) is 0 Å². The van der Waals surface area contributed by atoms with Crippen LogP contribution in [0, 0.1) is 0 Å². The molecule has 0 bridgehead atoms. The Bertz CT molecular complexity index is 425. The molecule has 1 aliphatic rings. The van der Waals surface area contributed by atoms with Crippen LogP contribution in [-0.2, 0) is 4.74 Å². The average Bonchev–Trinajstić information content (AvgIpc) is 3.11. The van der Waals surface area contributed by atoms with Gasteiger partial charge in [0.1, 0.15) is 11.3 Å². The lowest BCUT2D eigenvalue weighted by atomic mass is 10.0. The number of rotatable bonds is 3. The van der Waals surface area contributed by atoms with Gasteiger partial charge in [0, 0.05) is 11.8 Å². The zero-order valence-corrected chi connectivity index (χ0v) is 9.45. The molecule has 1 aromatic rings. The molecule has 0 aliphatic heterocycles. The van der Waals surface area contributed by atoms with Crippen molar-refractivity contribution >= 4 is 11.7 Å². The molecule has 0 heterocycles. The van der Waals surface area contributed by atoms with E-state index >= 15 is 0 Å². The second kappa shape index (κ2) is 4.04. The van der Waals surface area contributed by atoms with Gasteiger partial charge in [0.25, 0.3) is 0 Å². The van der Waals surface area contributed by atoms with Crippen molar-refractivity contribution in [1.29, 1.82) is 0 Å². The molecule has 0 aromatic heterocycles. The third kappa shape index (κ3) is 1.83. The topological polar surface area (TPSA) is 61.5 Å². The Morgan fingerprint density at radius 3 is 2.56 bits per heavy atom. The lowest BCUT2D eigenvalue weighted by Crippen LogP contribution is -2.06. The summed E-state index contributed by atoms with van der Waals surface area (Å²) < 4.78 is 9.84. The molecule has 4 nitrogen and oxygen atoms in total. The Morgan fingerprint density at radius 2 is 2.06 bits per heavy atom. The van der Waals surface area contributed by atoms with E-state index in [2.05, 4.69) is 0 Å². The summed E-state index contributed by atoms with van der Waals surface area (Å²) in [6.07, 6.45) is 2.27. The normalized spacial score (nSPS) is 14.6. The van der Waals surface area contributed by atoms with E-state index in [1.54, 1.807) is 12.1 Å². The van der Waals surface area contributed by atoms with Crippen LogP contribution < -0.4 is 10.5 Å². The minimum Gasteiger partial charge on any atom is -0.496 e. The van der Waals surface area contributed by atoms with E-state index in [-0.39, 0.29) is 0 Å². The van der Waals surface area contributed by atoms with E-state index in [1.807, 2.05) is 0 Å². The number of carbonyl (C=O) groups excluding carboxylic acids is 1. The van der Waals surface area contributed by atoms with Crippen molar-refractivity contribution in [2.75, 3.05) is 20.0 Å². The molecule has 2 N–H and O–H groups in total. The standard InChI is InChI=1S/C12H15NO3/c1-15-11-6-10(13)8(7-3-4-7)5-9(11)12(14)16-2/h5-7H,3-4,13H2,1-2H3. The number of benzene rings is 1. The van der Waals surface area contributed by atoms with Crippen molar-refractivity contribution in [2.45, 2.75) is 18.8 Å². The van der Waals surface area contributed by atoms with Gasteiger partial charge >= 0.3 is 5.97 Å². The van der Waals surface area contributed by atoms with Gasteiger partial charge in [-0.15, -0.1) is 0 Å². The zero-order valence-electron chi connectivity index (χ0n) is 9.45. The highest BCUT2D eigenvalue weighted by Gasteiger charge is 2.28. The molecular formula is C12H15NO3. The smallest absolute Gasteiger partial charge is 0.341 e. The van der Waals surface area contributed by atoms with E-state index in [4.69, 9.17) is 15.2 Å². The predicted octanol–water partition coefficient (Wildman–Crippen LogP) is 1.94. The number of methoxy groups -OCH3 is 2. The number of nitrogen functional groups attached to an aromatic ring is 1. The molecule has 0 amide bonds. The van der Waals surface area contributed by atoms with Gasteiger partial charge in [-0.25, -0.2) is 4.79 Å². The Balaban J connectivity index is 2.47. The molecule has 1 fully saturated rings. The first kappa shape index (κ1) is 10.8. The minimum atomic E-state index is -0.390. The van der Waals surface area contributed by atoms with Crippen molar-refractivity contribution in [1.82, 2.24) is 0 Å². The van der Waals surface area contributed by atoms with E-state index < -0.39 is 5.97 Å². The Labute approximate surface area is 94.3 Å². The second-order valence-electron chi connectivity index (χ2n) is 3.95. The van der Waals surface area contributed by atoms with Crippen molar-refractivity contribution in [3.63, 3.8) is 0 Å². The van der Waals surface area contributed by atoms with E-state index in [1.165, 1.54) is 14.2 Å². The van der Waals surface area contributed by atoms with Gasteiger partial charge < -0.3 is 15.2 Å². The van der Waals surface area contributed by atoms with Gasteiger partial charge in [0.2, 0.25) is 0 Å². The van der Waals surface area contributed by atoms with Gasteiger partial charge in [-0.3, -0.25) is 0 Å². The molecule has 0 saturated heterocycles. The van der Waals surface area contributed by atoms with Gasteiger partial charge in [-0.05, 0) is 30.4 Å². The largest absolute Gasteiger partial charge is 0.496 e. The number of hydrogen-bond donors (Lipinski definition) is 1. The number of anilines is 1. The van der Waals surface area contributed by atoms with Crippen LogP contribution in [0.15, 0.2) is 12.1 Å². The summed E-state index contributed by atoms with van der Waals surface area (Å²) in [7, 11) is 2.87. The fourth-order valence-electron chi connectivity index (χ4n) is 1.80. The first-order valence-electron chi connectivity index (χ1n) is 5.23. The highest BCUT2D eigenvalue weighted by atomic mass is 16.5. The minimum absolute atomic E-state index is 0.390. The van der Waals surface area contributed by atoms with Gasteiger partial charge in [0.15, 0.2) is 0 Å². The number of carbonyl (C=O) groups is 1. The molecule has 1 saturated carbocycles. The molecule has 0 atom stereocenters. The van der Waals surface area contributed by atoms with Crippen molar-refractivity contribution in [3.05, 3.63) is 23.3 Å². The number of esters is 1. The summed E-state index contributed by atoms with van der Waals surface area (Å²) in [6, 6.07) is 3.48. The lowest BCUT2D eigenvalue weighted by molar-refractivity contribution is 0.0597. The monoisotopic (exact) mass is 221 g/mol. The van der Waals surface area contributed by atoms with E-state index in [0.717, 1.165) is 18.4 Å². The molecule has 0 spiro atoms. The van der Waals surface area contributed by atoms with Crippen LogP contribution in [-0.4, -0.2) is 20.2 Å². The lowest BCUT2D eigenvalue weighted by Gasteiger charge is -2.11. The Kier molecular flexibility index (Phi) is 2.73. The van der Waals surface area contributed by atoms with E-state index in [9.17, 15) is 4.79 Å². The maximum Gasteiger partial charge on any atom is 0.341 e. The van der Waals surface area contributed by atoms with Crippen LogP contribution >= 0.6 is 0 Å². The predicted molar refractivity (Wildman–Crippen MR) is 60.7 cm³/mol. The first-order valence-corrected chi connectivity index (χ1v) is 5.23. The fraction of sp³-hybridized carbons (Fsp3) is 0.417. The van der Waals surface area contributed by atoms with Crippen LogP contribution in [0.5, 0.6) is 5.75 Å². The molecule has 2 rings (SSSR count). The third-order valence-electron chi connectivity index (χ3n) is 2.83. The molecular weight excluding hydrogens is 206 g/mol. The molecule has 86 valence electrons. The fourth-order valence-corrected chi connectivity index (χ4v) is 1.80. The molecule has 0 unspecified atom stereocenters. The number of nitrogens with two attached hydrogens (primary N) is 1. The maximum atomic E-state index is 11.6. The van der Waals surface area contributed by atoms with Crippen LogP contribution in [0.25, 0.3) is 0 Å². The van der Waals surface area contributed by atoms with Crippen LogP contribution in [0.1, 0.15) is 34.7 Å². The summed E-state index contributed by atoms with van der Waals surface area (Å²) in [4.78, 5) is 11.6. The summed E-state index contributed by atoms with van der Waals surface area (Å²) in [6.45, 7) is 0. The molecule has 16 heavy (non-hydrogen) atoms. The Morgan fingerprint density at radius 1 is 1.38 bits per heavy atom. The van der Waals surface area contributed by atoms with Crippen LogP contribution in [0.2, 0.25) is 0 Å². The number of hydrogen-bond acceptors (Lipinski definition) is 4. The van der Waals surface area contributed by atoms with Crippen LogP contribution in [0.3, 0.4) is 0 Å². The average molecular weight is 221 g/mol. The molecule has 1 aliphatic carbocycles. The first-order chi connectivity index (χ1) is 7.67. The Hall–Kier alpha value is -1.71. The summed E-state index contributed by atoms with van der Waals surface area (Å²) >= 11 is 0. The second-order valence-corrected chi connectivity index (χ2v) is 3.95. The highest BCUT2D eigenvalue weighted by Crippen LogP contribution is 2.44. The van der Waals surface area contributed by atoms with E-state index in [0.29, 0.717) is 22.9 Å². The zero-order chi connectivity index (χ0) is 11.7. The third-order valence-corrected chi connectivity index (χ3v) is 2.83.